The lowest BCUT2D eigenvalue weighted by Gasteiger charge is -2.13. The van der Waals surface area contributed by atoms with Crippen LogP contribution >= 0.6 is 0 Å². The number of rotatable bonds is 2. The number of carboxylic acid groups (broad SMARTS) is 1. The van der Waals surface area contributed by atoms with Crippen LogP contribution in [0.4, 0.5) is 4.39 Å². The van der Waals surface area contributed by atoms with Crippen molar-refractivity contribution in [1.29, 1.82) is 0 Å². The first-order valence-electron chi connectivity index (χ1n) is 4.86. The fourth-order valence-corrected chi connectivity index (χ4v) is 1.97. The van der Waals surface area contributed by atoms with Gasteiger partial charge in [-0.1, -0.05) is 18.2 Å². The van der Waals surface area contributed by atoms with Gasteiger partial charge in [0.15, 0.2) is 0 Å². The number of carbonyl (C=O) groups excluding carboxylic acids is 1. The van der Waals surface area contributed by atoms with Crippen LogP contribution in [0.5, 0.6) is 0 Å². The maximum Gasteiger partial charge on any atom is 0.316 e. The van der Waals surface area contributed by atoms with Crippen molar-refractivity contribution in [1.82, 2.24) is 5.32 Å². The lowest BCUT2D eigenvalue weighted by molar-refractivity contribution is -0.145. The van der Waals surface area contributed by atoms with E-state index >= 15 is 0 Å². The molecular formula is C11H10FNO3. The summed E-state index contributed by atoms with van der Waals surface area (Å²) in [5.74, 6) is -4.08. The van der Waals surface area contributed by atoms with Crippen molar-refractivity contribution < 1.29 is 19.1 Å². The van der Waals surface area contributed by atoms with Crippen LogP contribution in [0.15, 0.2) is 24.3 Å². The summed E-state index contributed by atoms with van der Waals surface area (Å²) in [7, 11) is 0. The highest BCUT2D eigenvalue weighted by atomic mass is 19.1. The summed E-state index contributed by atoms with van der Waals surface area (Å²) in [6.45, 7) is 0.163. The number of hydrogen-bond acceptors (Lipinski definition) is 2. The molecule has 1 aliphatic heterocycles. The van der Waals surface area contributed by atoms with Crippen molar-refractivity contribution in [3.63, 3.8) is 0 Å². The third-order valence-electron chi connectivity index (χ3n) is 2.75. The summed E-state index contributed by atoms with van der Waals surface area (Å²) in [6.07, 6.45) is 0. The number of halogens is 1. The SMILES string of the molecule is O=C(O)[C@@H]1C(=O)NC[C@@H]1c1ccccc1F. The van der Waals surface area contributed by atoms with Gasteiger partial charge in [0, 0.05) is 12.5 Å². The van der Waals surface area contributed by atoms with Gasteiger partial charge in [0.25, 0.3) is 0 Å². The summed E-state index contributed by atoms with van der Waals surface area (Å²) in [4.78, 5) is 22.2. The monoisotopic (exact) mass is 223 g/mol. The van der Waals surface area contributed by atoms with Crippen LogP contribution in [-0.4, -0.2) is 23.5 Å². The van der Waals surface area contributed by atoms with Gasteiger partial charge in [-0.3, -0.25) is 9.59 Å². The summed E-state index contributed by atoms with van der Waals surface area (Å²) in [5.41, 5.74) is 0.272. The van der Waals surface area contributed by atoms with Gasteiger partial charge in [0.2, 0.25) is 5.91 Å². The van der Waals surface area contributed by atoms with Gasteiger partial charge in [-0.2, -0.15) is 0 Å². The molecule has 1 aromatic rings. The topological polar surface area (TPSA) is 66.4 Å². The van der Waals surface area contributed by atoms with E-state index in [9.17, 15) is 14.0 Å². The van der Waals surface area contributed by atoms with Crippen molar-refractivity contribution in [2.24, 2.45) is 5.92 Å². The van der Waals surface area contributed by atoms with Crippen molar-refractivity contribution in [2.75, 3.05) is 6.54 Å². The molecule has 16 heavy (non-hydrogen) atoms. The predicted octanol–water partition coefficient (Wildman–Crippen LogP) is 0.740. The Morgan fingerprint density at radius 3 is 2.75 bits per heavy atom. The average Bonchev–Trinajstić information content (AvgIpc) is 2.61. The van der Waals surface area contributed by atoms with Crippen LogP contribution in [0, 0.1) is 11.7 Å². The first-order chi connectivity index (χ1) is 7.61. The Hall–Kier alpha value is -1.91. The summed E-state index contributed by atoms with van der Waals surface area (Å²) >= 11 is 0. The number of benzene rings is 1. The first-order valence-corrected chi connectivity index (χ1v) is 4.86. The highest BCUT2D eigenvalue weighted by molar-refractivity contribution is 5.99. The maximum atomic E-state index is 13.5. The Morgan fingerprint density at radius 1 is 1.44 bits per heavy atom. The smallest absolute Gasteiger partial charge is 0.316 e. The van der Waals surface area contributed by atoms with E-state index in [4.69, 9.17) is 5.11 Å². The van der Waals surface area contributed by atoms with E-state index in [-0.39, 0.29) is 12.1 Å². The fraction of sp³-hybridized carbons (Fsp3) is 0.273. The molecule has 0 unspecified atom stereocenters. The molecule has 0 bridgehead atoms. The molecule has 84 valence electrons. The van der Waals surface area contributed by atoms with E-state index in [1.807, 2.05) is 0 Å². The molecule has 1 heterocycles. The second-order valence-corrected chi connectivity index (χ2v) is 3.69. The largest absolute Gasteiger partial charge is 0.481 e. The molecule has 0 aromatic heterocycles. The van der Waals surface area contributed by atoms with E-state index in [2.05, 4.69) is 5.32 Å². The van der Waals surface area contributed by atoms with Gasteiger partial charge in [-0.05, 0) is 11.6 Å². The van der Waals surface area contributed by atoms with Crippen molar-refractivity contribution in [2.45, 2.75) is 5.92 Å². The van der Waals surface area contributed by atoms with Crippen molar-refractivity contribution >= 4 is 11.9 Å². The zero-order valence-corrected chi connectivity index (χ0v) is 8.31. The van der Waals surface area contributed by atoms with Crippen LogP contribution in [0.1, 0.15) is 11.5 Å². The molecule has 5 heteroatoms. The third kappa shape index (κ3) is 1.64. The van der Waals surface area contributed by atoms with Crippen LogP contribution in [0.3, 0.4) is 0 Å². The number of nitrogens with one attached hydrogen (secondary N) is 1. The second-order valence-electron chi connectivity index (χ2n) is 3.69. The van der Waals surface area contributed by atoms with Gasteiger partial charge in [-0.25, -0.2) is 4.39 Å². The van der Waals surface area contributed by atoms with E-state index in [0.29, 0.717) is 0 Å². The van der Waals surface area contributed by atoms with Crippen molar-refractivity contribution in [3.05, 3.63) is 35.6 Å². The Balaban J connectivity index is 2.38. The third-order valence-corrected chi connectivity index (χ3v) is 2.75. The molecule has 0 spiro atoms. The molecule has 2 N–H and O–H groups in total. The molecule has 0 radical (unpaired) electrons. The molecule has 1 amide bonds. The Labute approximate surface area is 91.1 Å². The zero-order chi connectivity index (χ0) is 11.7. The van der Waals surface area contributed by atoms with E-state index in [1.165, 1.54) is 18.2 Å². The van der Waals surface area contributed by atoms with Gasteiger partial charge in [-0.15, -0.1) is 0 Å². The predicted molar refractivity (Wildman–Crippen MR) is 53.3 cm³/mol. The number of amides is 1. The fourth-order valence-electron chi connectivity index (χ4n) is 1.97. The minimum Gasteiger partial charge on any atom is -0.481 e. The Kier molecular flexibility index (Phi) is 2.60. The minimum absolute atomic E-state index is 0.163. The highest BCUT2D eigenvalue weighted by Gasteiger charge is 2.41. The van der Waals surface area contributed by atoms with E-state index in [1.54, 1.807) is 6.07 Å². The minimum atomic E-state index is -1.22. The lowest BCUT2D eigenvalue weighted by Crippen LogP contribution is -2.27. The molecule has 0 aliphatic carbocycles. The van der Waals surface area contributed by atoms with Gasteiger partial charge < -0.3 is 10.4 Å². The summed E-state index contributed by atoms with van der Waals surface area (Å²) < 4.78 is 13.5. The number of carbonyl (C=O) groups is 2. The standard InChI is InChI=1S/C11H10FNO3/c12-8-4-2-1-3-6(8)7-5-13-10(14)9(7)11(15)16/h1-4,7,9H,5H2,(H,13,14)(H,15,16)/t7-,9+/m1/s1. The average molecular weight is 223 g/mol. The van der Waals surface area contributed by atoms with Crippen LogP contribution < -0.4 is 5.32 Å². The Morgan fingerprint density at radius 2 is 2.12 bits per heavy atom. The Bertz CT molecular complexity index is 447. The lowest BCUT2D eigenvalue weighted by atomic mass is 9.88. The first kappa shape index (κ1) is 10.6. The van der Waals surface area contributed by atoms with Crippen LogP contribution in [0.25, 0.3) is 0 Å². The second kappa shape index (κ2) is 3.92. The summed E-state index contributed by atoms with van der Waals surface area (Å²) in [5, 5.41) is 11.4. The number of aliphatic carboxylic acids is 1. The molecule has 4 nitrogen and oxygen atoms in total. The van der Waals surface area contributed by atoms with Crippen LogP contribution in [0.2, 0.25) is 0 Å². The zero-order valence-electron chi connectivity index (χ0n) is 8.31. The molecule has 1 fully saturated rings. The summed E-state index contributed by atoms with van der Waals surface area (Å²) in [6, 6.07) is 5.92. The molecule has 1 aromatic carbocycles. The molecule has 1 aliphatic rings. The number of carboxylic acids is 1. The molecule has 2 rings (SSSR count). The quantitative estimate of drug-likeness (QED) is 0.727. The van der Waals surface area contributed by atoms with Gasteiger partial charge in [0.1, 0.15) is 11.7 Å². The van der Waals surface area contributed by atoms with Crippen molar-refractivity contribution in [3.8, 4) is 0 Å². The molecular weight excluding hydrogens is 213 g/mol. The molecule has 2 atom stereocenters. The normalized spacial score (nSPS) is 24.2. The highest BCUT2D eigenvalue weighted by Crippen LogP contribution is 2.30. The van der Waals surface area contributed by atoms with Crippen LogP contribution in [-0.2, 0) is 9.59 Å². The van der Waals surface area contributed by atoms with Gasteiger partial charge in [0.05, 0.1) is 0 Å². The number of hydrogen-bond donors (Lipinski definition) is 2. The molecule has 0 saturated carbocycles. The molecule has 1 saturated heterocycles. The van der Waals surface area contributed by atoms with E-state index < -0.39 is 29.5 Å². The van der Waals surface area contributed by atoms with Gasteiger partial charge >= 0.3 is 5.97 Å². The maximum absolute atomic E-state index is 13.5. The van der Waals surface area contributed by atoms with E-state index in [0.717, 1.165) is 0 Å².